The summed E-state index contributed by atoms with van der Waals surface area (Å²) in [4.78, 5) is 42.9. The van der Waals surface area contributed by atoms with Crippen LogP contribution in [-0.2, 0) is 4.74 Å². The molecule has 1 aliphatic heterocycles. The van der Waals surface area contributed by atoms with Crippen molar-refractivity contribution in [3.8, 4) is 0 Å². The van der Waals surface area contributed by atoms with Crippen molar-refractivity contribution in [2.75, 3.05) is 25.5 Å². The van der Waals surface area contributed by atoms with E-state index in [0.29, 0.717) is 34.6 Å². The van der Waals surface area contributed by atoms with Gasteiger partial charge in [0.1, 0.15) is 11.4 Å². The van der Waals surface area contributed by atoms with Crippen LogP contribution in [0.4, 0.5) is 15.1 Å². The number of hydrogen-bond donors (Lipinski definition) is 1. The van der Waals surface area contributed by atoms with Crippen molar-refractivity contribution in [1.82, 2.24) is 24.8 Å². The Balaban J connectivity index is 1.52. The summed E-state index contributed by atoms with van der Waals surface area (Å²) >= 11 is 1.46. The van der Waals surface area contributed by atoms with Crippen molar-refractivity contribution in [1.29, 1.82) is 0 Å². The standard InChI is InChI=1S/C24H29FN6O3S/c1-13-7-18-20(35-13)19(29-22(28-18)27-14(2)15-8-16(25)10-26-9-15)21(32)31-11-17(12-31)30(6)23(33)34-24(3,4)5/h7-10,14,17H,11-12H2,1-6H3,(H,27,28,29)/t14-/m0/s1. The average Bonchev–Trinajstić information content (AvgIpc) is 3.10. The number of carbonyl (C=O) groups excluding carboxylic acids is 2. The van der Waals surface area contributed by atoms with Crippen LogP contribution in [0.3, 0.4) is 0 Å². The maximum atomic E-state index is 13.6. The molecule has 0 aromatic carbocycles. The van der Waals surface area contributed by atoms with E-state index in [9.17, 15) is 14.0 Å². The molecule has 35 heavy (non-hydrogen) atoms. The fraction of sp³-hybridized carbons (Fsp3) is 0.458. The molecule has 0 aliphatic carbocycles. The van der Waals surface area contributed by atoms with Gasteiger partial charge in [-0.2, -0.15) is 0 Å². The molecule has 1 saturated heterocycles. The number of pyridine rings is 1. The molecule has 0 unspecified atom stereocenters. The van der Waals surface area contributed by atoms with E-state index in [1.807, 2.05) is 40.7 Å². The summed E-state index contributed by atoms with van der Waals surface area (Å²) in [5.74, 6) is -0.380. The number of likely N-dealkylation sites (tertiary alicyclic amines) is 1. The van der Waals surface area contributed by atoms with E-state index in [-0.39, 0.29) is 23.9 Å². The number of aromatic nitrogens is 3. The first-order chi connectivity index (χ1) is 16.4. The van der Waals surface area contributed by atoms with Crippen LogP contribution in [0, 0.1) is 12.7 Å². The molecule has 9 nitrogen and oxygen atoms in total. The van der Waals surface area contributed by atoms with Gasteiger partial charge in [0.15, 0.2) is 5.69 Å². The summed E-state index contributed by atoms with van der Waals surface area (Å²) in [6.45, 7) is 10.0. The highest BCUT2D eigenvalue weighted by Crippen LogP contribution is 2.30. The quantitative estimate of drug-likeness (QED) is 0.554. The first-order valence-electron chi connectivity index (χ1n) is 11.3. The van der Waals surface area contributed by atoms with Crippen LogP contribution in [0.25, 0.3) is 10.2 Å². The van der Waals surface area contributed by atoms with Crippen molar-refractivity contribution in [2.24, 2.45) is 0 Å². The van der Waals surface area contributed by atoms with E-state index in [1.165, 1.54) is 22.3 Å². The number of anilines is 1. The Morgan fingerprint density at radius 3 is 2.63 bits per heavy atom. The third-order valence-electron chi connectivity index (χ3n) is 5.65. The fourth-order valence-corrected chi connectivity index (χ4v) is 4.63. The van der Waals surface area contributed by atoms with E-state index < -0.39 is 17.5 Å². The lowest BCUT2D eigenvalue weighted by Gasteiger charge is -2.43. The molecule has 4 rings (SSSR count). The zero-order valence-corrected chi connectivity index (χ0v) is 21.4. The topological polar surface area (TPSA) is 101 Å². The van der Waals surface area contributed by atoms with Crippen LogP contribution in [0.5, 0.6) is 0 Å². The highest BCUT2D eigenvalue weighted by atomic mass is 32.1. The molecule has 3 aromatic heterocycles. The second-order valence-electron chi connectivity index (χ2n) is 9.72. The van der Waals surface area contributed by atoms with Crippen molar-refractivity contribution in [3.63, 3.8) is 0 Å². The van der Waals surface area contributed by atoms with Gasteiger partial charge >= 0.3 is 6.09 Å². The molecule has 11 heteroatoms. The highest BCUT2D eigenvalue weighted by Gasteiger charge is 2.38. The number of aryl methyl sites for hydroxylation is 1. The summed E-state index contributed by atoms with van der Waals surface area (Å²) in [7, 11) is 1.68. The van der Waals surface area contributed by atoms with Gasteiger partial charge in [0.05, 0.1) is 28.5 Å². The average molecular weight is 501 g/mol. The molecule has 1 atom stereocenters. The molecule has 0 saturated carbocycles. The predicted molar refractivity (Wildman–Crippen MR) is 132 cm³/mol. The summed E-state index contributed by atoms with van der Waals surface area (Å²) in [5, 5.41) is 3.16. The number of ether oxygens (including phenoxy) is 1. The third kappa shape index (κ3) is 5.50. The van der Waals surface area contributed by atoms with Gasteiger partial charge in [0.2, 0.25) is 5.95 Å². The SMILES string of the molecule is Cc1cc2nc(N[C@@H](C)c3cncc(F)c3)nc(C(=O)N3CC(N(C)C(=O)OC(C)(C)C)C3)c2s1. The normalized spacial score (nSPS) is 15.0. The van der Waals surface area contributed by atoms with Crippen LogP contribution in [0.2, 0.25) is 0 Å². The zero-order chi connectivity index (χ0) is 25.5. The van der Waals surface area contributed by atoms with Crippen LogP contribution in [0.15, 0.2) is 24.5 Å². The van der Waals surface area contributed by atoms with Crippen LogP contribution < -0.4 is 5.32 Å². The Kier molecular flexibility index (Phi) is 6.63. The number of likely N-dealkylation sites (N-methyl/N-ethyl adjacent to an activating group) is 1. The maximum Gasteiger partial charge on any atom is 0.410 e. The number of fused-ring (bicyclic) bond motifs is 1. The molecular formula is C24H29FN6O3S. The van der Waals surface area contributed by atoms with Crippen LogP contribution >= 0.6 is 11.3 Å². The highest BCUT2D eigenvalue weighted by molar-refractivity contribution is 7.19. The molecular weight excluding hydrogens is 471 g/mol. The minimum Gasteiger partial charge on any atom is -0.444 e. The summed E-state index contributed by atoms with van der Waals surface area (Å²) < 4.78 is 19.7. The Morgan fingerprint density at radius 2 is 1.97 bits per heavy atom. The smallest absolute Gasteiger partial charge is 0.410 e. The summed E-state index contributed by atoms with van der Waals surface area (Å²) in [6, 6.07) is 2.85. The molecule has 1 N–H and O–H groups in total. The van der Waals surface area contributed by atoms with Crippen molar-refractivity contribution < 1.29 is 18.7 Å². The van der Waals surface area contributed by atoms with Gasteiger partial charge in [0.25, 0.3) is 5.91 Å². The van der Waals surface area contributed by atoms with Crippen molar-refractivity contribution in [2.45, 2.75) is 52.3 Å². The fourth-order valence-electron chi connectivity index (χ4n) is 3.70. The summed E-state index contributed by atoms with van der Waals surface area (Å²) in [6.07, 6.45) is 2.30. The molecule has 1 aliphatic rings. The molecule has 4 heterocycles. The lowest BCUT2D eigenvalue weighted by Crippen LogP contribution is -2.61. The van der Waals surface area contributed by atoms with E-state index in [2.05, 4.69) is 20.3 Å². The number of rotatable bonds is 5. The van der Waals surface area contributed by atoms with Crippen molar-refractivity contribution in [3.05, 3.63) is 46.5 Å². The van der Waals surface area contributed by atoms with Crippen molar-refractivity contribution >= 4 is 39.5 Å². The lowest BCUT2D eigenvalue weighted by molar-refractivity contribution is -0.00214. The molecule has 186 valence electrons. The molecule has 0 spiro atoms. The van der Waals surface area contributed by atoms with Gasteiger partial charge in [-0.15, -0.1) is 11.3 Å². The number of halogens is 1. The number of nitrogens with zero attached hydrogens (tertiary/aromatic N) is 5. The minimum absolute atomic E-state index is 0.130. The maximum absolute atomic E-state index is 13.6. The Bertz CT molecular complexity index is 1270. The van der Waals surface area contributed by atoms with E-state index >= 15 is 0 Å². The third-order valence-corrected chi connectivity index (χ3v) is 6.69. The lowest BCUT2D eigenvalue weighted by atomic mass is 10.1. The summed E-state index contributed by atoms with van der Waals surface area (Å²) in [5.41, 5.74) is 1.02. The number of carbonyl (C=O) groups is 2. The van der Waals surface area contributed by atoms with Gasteiger partial charge in [0, 0.05) is 31.2 Å². The monoisotopic (exact) mass is 500 g/mol. The van der Waals surface area contributed by atoms with Gasteiger partial charge in [-0.1, -0.05) is 0 Å². The molecule has 2 amide bonds. The number of nitrogens with one attached hydrogen (secondary N) is 1. The first-order valence-corrected chi connectivity index (χ1v) is 12.1. The second kappa shape index (κ2) is 9.37. The number of hydrogen-bond acceptors (Lipinski definition) is 8. The molecule has 3 aromatic rings. The minimum atomic E-state index is -0.587. The van der Waals surface area contributed by atoms with Crippen LogP contribution in [-0.4, -0.2) is 68.5 Å². The van der Waals surface area contributed by atoms with Gasteiger partial charge < -0.3 is 19.9 Å². The molecule has 0 radical (unpaired) electrons. The molecule has 1 fully saturated rings. The predicted octanol–water partition coefficient (Wildman–Crippen LogP) is 4.40. The zero-order valence-electron chi connectivity index (χ0n) is 20.6. The first kappa shape index (κ1) is 24.8. The Hall–Kier alpha value is -3.34. The second-order valence-corrected chi connectivity index (χ2v) is 11.0. The number of thiophene rings is 1. The van der Waals surface area contributed by atoms with Gasteiger partial charge in [-0.25, -0.2) is 19.2 Å². The van der Waals surface area contributed by atoms with Crippen LogP contribution in [0.1, 0.15) is 54.7 Å². The Morgan fingerprint density at radius 1 is 1.26 bits per heavy atom. The van der Waals surface area contributed by atoms with Gasteiger partial charge in [-0.05, 0) is 52.3 Å². The van der Waals surface area contributed by atoms with E-state index in [0.717, 1.165) is 11.1 Å². The Labute approximate surface area is 207 Å². The number of amides is 2. The molecule has 0 bridgehead atoms. The largest absolute Gasteiger partial charge is 0.444 e. The van der Waals surface area contributed by atoms with E-state index in [4.69, 9.17) is 4.74 Å². The van der Waals surface area contributed by atoms with E-state index in [1.54, 1.807) is 18.1 Å². The van der Waals surface area contributed by atoms with Gasteiger partial charge in [-0.3, -0.25) is 9.78 Å².